The van der Waals surface area contributed by atoms with Gasteiger partial charge < -0.3 is 14.8 Å². The summed E-state index contributed by atoms with van der Waals surface area (Å²) in [6.07, 6.45) is 1.14. The van der Waals surface area contributed by atoms with Gasteiger partial charge in [-0.3, -0.25) is 0 Å². The average Bonchev–Trinajstić information content (AvgIpc) is 2.45. The molecule has 0 aliphatic heterocycles. The van der Waals surface area contributed by atoms with Gasteiger partial charge in [0.1, 0.15) is 12.4 Å². The minimum absolute atomic E-state index is 0.551. The van der Waals surface area contributed by atoms with Gasteiger partial charge in [0, 0.05) is 17.6 Å². The lowest BCUT2D eigenvalue weighted by Gasteiger charge is -2.13. The fraction of sp³-hybridized carbons (Fsp3) is 0.625. The van der Waals surface area contributed by atoms with Crippen molar-refractivity contribution in [3.05, 3.63) is 28.3 Å². The van der Waals surface area contributed by atoms with E-state index in [9.17, 15) is 0 Å². The third-order valence-electron chi connectivity index (χ3n) is 3.51. The molecule has 0 aliphatic carbocycles. The van der Waals surface area contributed by atoms with Gasteiger partial charge in [-0.05, 0) is 50.5 Å². The van der Waals surface area contributed by atoms with Crippen molar-refractivity contribution in [3.8, 4) is 5.75 Å². The molecule has 1 aromatic carbocycles. The highest BCUT2D eigenvalue weighted by atomic mass is 35.5. The molecule has 1 atom stereocenters. The SMILES string of the molecule is CC[C@@H](C)NCCOCCOc1ccc(Cl)c(C)c1C. The van der Waals surface area contributed by atoms with Gasteiger partial charge in [0.25, 0.3) is 0 Å². The number of hydrogen-bond acceptors (Lipinski definition) is 3. The van der Waals surface area contributed by atoms with Crippen LogP contribution in [0, 0.1) is 13.8 Å². The van der Waals surface area contributed by atoms with Crippen LogP contribution in [0.25, 0.3) is 0 Å². The minimum Gasteiger partial charge on any atom is -0.491 e. The second-order valence-corrected chi connectivity index (χ2v) is 5.43. The molecule has 0 amide bonds. The molecule has 1 rings (SSSR count). The summed E-state index contributed by atoms with van der Waals surface area (Å²) in [5.41, 5.74) is 2.17. The molecule has 0 saturated heterocycles. The van der Waals surface area contributed by atoms with Crippen molar-refractivity contribution >= 4 is 11.6 Å². The normalized spacial score (nSPS) is 12.4. The zero-order valence-corrected chi connectivity index (χ0v) is 13.7. The zero-order chi connectivity index (χ0) is 15.0. The van der Waals surface area contributed by atoms with Crippen molar-refractivity contribution in [2.24, 2.45) is 0 Å². The molecular formula is C16H26ClNO2. The van der Waals surface area contributed by atoms with Crippen molar-refractivity contribution in [1.82, 2.24) is 5.32 Å². The molecule has 0 unspecified atom stereocenters. The summed E-state index contributed by atoms with van der Waals surface area (Å²) in [7, 11) is 0. The predicted octanol–water partition coefficient (Wildman–Crippen LogP) is 3.74. The molecule has 3 nitrogen and oxygen atoms in total. The summed E-state index contributed by atoms with van der Waals surface area (Å²) in [5, 5.41) is 4.16. The van der Waals surface area contributed by atoms with Gasteiger partial charge >= 0.3 is 0 Å². The van der Waals surface area contributed by atoms with Gasteiger partial charge in [-0.1, -0.05) is 18.5 Å². The highest BCUT2D eigenvalue weighted by Crippen LogP contribution is 2.26. The van der Waals surface area contributed by atoms with Crippen LogP contribution in [0.5, 0.6) is 5.75 Å². The zero-order valence-electron chi connectivity index (χ0n) is 13.0. The van der Waals surface area contributed by atoms with Crippen molar-refractivity contribution < 1.29 is 9.47 Å². The van der Waals surface area contributed by atoms with Gasteiger partial charge in [0.15, 0.2) is 0 Å². The second-order valence-electron chi connectivity index (χ2n) is 5.02. The van der Waals surface area contributed by atoms with Gasteiger partial charge in [0.05, 0.1) is 13.2 Å². The first-order valence-electron chi connectivity index (χ1n) is 7.25. The van der Waals surface area contributed by atoms with E-state index in [1.807, 2.05) is 26.0 Å². The lowest BCUT2D eigenvalue weighted by molar-refractivity contribution is 0.100. The Bertz CT molecular complexity index is 410. The van der Waals surface area contributed by atoms with Crippen LogP contribution in [0.3, 0.4) is 0 Å². The molecule has 0 spiro atoms. The number of rotatable bonds is 9. The van der Waals surface area contributed by atoms with E-state index in [0.29, 0.717) is 25.9 Å². The lowest BCUT2D eigenvalue weighted by Crippen LogP contribution is -2.29. The Hall–Kier alpha value is -0.770. The second kappa shape index (κ2) is 9.22. The van der Waals surface area contributed by atoms with Crippen LogP contribution in [0.2, 0.25) is 5.02 Å². The molecule has 0 saturated carbocycles. The minimum atomic E-state index is 0.551. The molecule has 0 bridgehead atoms. The fourth-order valence-corrected chi connectivity index (χ4v) is 1.96. The first-order chi connectivity index (χ1) is 9.56. The standard InChI is InChI=1S/C16H26ClNO2/c1-5-12(2)18-8-9-19-10-11-20-16-7-6-15(17)13(3)14(16)4/h6-7,12,18H,5,8-11H2,1-4H3/t12-/m1/s1. The maximum Gasteiger partial charge on any atom is 0.122 e. The van der Waals surface area contributed by atoms with E-state index >= 15 is 0 Å². The van der Waals surface area contributed by atoms with E-state index in [1.165, 1.54) is 0 Å². The molecule has 0 aliphatic rings. The summed E-state index contributed by atoms with van der Waals surface area (Å²) in [6.45, 7) is 11.1. The number of ether oxygens (including phenoxy) is 2. The van der Waals surface area contributed by atoms with E-state index < -0.39 is 0 Å². The summed E-state index contributed by atoms with van der Waals surface area (Å²) in [4.78, 5) is 0. The first-order valence-corrected chi connectivity index (χ1v) is 7.63. The molecule has 0 fully saturated rings. The number of hydrogen-bond donors (Lipinski definition) is 1. The predicted molar refractivity (Wildman–Crippen MR) is 85.0 cm³/mol. The molecule has 1 N–H and O–H groups in total. The van der Waals surface area contributed by atoms with Gasteiger partial charge in [0.2, 0.25) is 0 Å². The van der Waals surface area contributed by atoms with Gasteiger partial charge in [-0.15, -0.1) is 0 Å². The number of nitrogens with one attached hydrogen (secondary N) is 1. The number of benzene rings is 1. The van der Waals surface area contributed by atoms with Crippen LogP contribution in [0.4, 0.5) is 0 Å². The van der Waals surface area contributed by atoms with Crippen LogP contribution in [0.1, 0.15) is 31.4 Å². The van der Waals surface area contributed by atoms with Crippen LogP contribution in [-0.4, -0.2) is 32.4 Å². The molecule has 1 aromatic rings. The van der Waals surface area contributed by atoms with Crippen LogP contribution < -0.4 is 10.1 Å². The Morgan fingerprint density at radius 1 is 1.15 bits per heavy atom. The Kier molecular flexibility index (Phi) is 7.97. The highest BCUT2D eigenvalue weighted by Gasteiger charge is 2.05. The van der Waals surface area contributed by atoms with E-state index in [0.717, 1.165) is 34.9 Å². The van der Waals surface area contributed by atoms with Crippen molar-refractivity contribution in [1.29, 1.82) is 0 Å². The Labute approximate surface area is 127 Å². The van der Waals surface area contributed by atoms with E-state index in [1.54, 1.807) is 0 Å². The highest BCUT2D eigenvalue weighted by molar-refractivity contribution is 6.31. The molecular weight excluding hydrogens is 274 g/mol. The summed E-state index contributed by atoms with van der Waals surface area (Å²) < 4.78 is 11.2. The maximum atomic E-state index is 6.05. The van der Waals surface area contributed by atoms with Crippen molar-refractivity contribution in [2.45, 2.75) is 40.2 Å². The quantitative estimate of drug-likeness (QED) is 0.705. The van der Waals surface area contributed by atoms with Gasteiger partial charge in [-0.2, -0.15) is 0 Å². The topological polar surface area (TPSA) is 30.5 Å². The van der Waals surface area contributed by atoms with Crippen LogP contribution >= 0.6 is 11.6 Å². The summed E-state index contributed by atoms with van der Waals surface area (Å²) >= 11 is 6.05. The van der Waals surface area contributed by atoms with E-state index in [2.05, 4.69) is 19.2 Å². The van der Waals surface area contributed by atoms with E-state index in [4.69, 9.17) is 21.1 Å². The van der Waals surface area contributed by atoms with Crippen molar-refractivity contribution in [2.75, 3.05) is 26.4 Å². The van der Waals surface area contributed by atoms with Crippen LogP contribution in [0.15, 0.2) is 12.1 Å². The summed E-state index contributed by atoms with van der Waals surface area (Å²) in [5.74, 6) is 0.883. The molecule has 0 radical (unpaired) electrons. The maximum absolute atomic E-state index is 6.05. The Morgan fingerprint density at radius 2 is 1.90 bits per heavy atom. The molecule has 0 aromatic heterocycles. The van der Waals surface area contributed by atoms with Gasteiger partial charge in [-0.25, -0.2) is 0 Å². The molecule has 20 heavy (non-hydrogen) atoms. The Morgan fingerprint density at radius 3 is 2.60 bits per heavy atom. The van der Waals surface area contributed by atoms with Crippen LogP contribution in [-0.2, 0) is 4.74 Å². The first kappa shape index (κ1) is 17.3. The largest absolute Gasteiger partial charge is 0.491 e. The molecule has 114 valence electrons. The summed E-state index contributed by atoms with van der Waals surface area (Å²) in [6, 6.07) is 4.33. The third-order valence-corrected chi connectivity index (χ3v) is 3.92. The average molecular weight is 300 g/mol. The van der Waals surface area contributed by atoms with E-state index in [-0.39, 0.29) is 0 Å². The third kappa shape index (κ3) is 5.70. The monoisotopic (exact) mass is 299 g/mol. The Balaban J connectivity index is 2.17. The molecule has 4 heteroatoms. The molecule has 0 heterocycles. The fourth-order valence-electron chi connectivity index (χ4n) is 1.75. The number of halogens is 1. The lowest BCUT2D eigenvalue weighted by atomic mass is 10.1. The smallest absolute Gasteiger partial charge is 0.122 e. The van der Waals surface area contributed by atoms with Crippen molar-refractivity contribution in [3.63, 3.8) is 0 Å².